The Morgan fingerprint density at radius 3 is 2.00 bits per heavy atom. The minimum Gasteiger partial charge on any atom is -0.380 e. The molecule has 3 rings (SSSR count). The van der Waals surface area contributed by atoms with Crippen molar-refractivity contribution in [2.24, 2.45) is 0 Å². The van der Waals surface area contributed by atoms with Gasteiger partial charge in [-0.2, -0.15) is 0 Å². The Kier molecular flexibility index (Phi) is 9.11. The molecular weight excluding hydrogens is 380 g/mol. The highest BCUT2D eigenvalue weighted by atomic mass is 16.5. The molecule has 0 bridgehead atoms. The Bertz CT molecular complexity index is 664. The van der Waals surface area contributed by atoms with Gasteiger partial charge in [-0.25, -0.2) is 0 Å². The van der Waals surface area contributed by atoms with Crippen LogP contribution in [0.2, 0.25) is 0 Å². The van der Waals surface area contributed by atoms with Crippen LogP contribution in [-0.4, -0.2) is 86.0 Å². The maximum absolute atomic E-state index is 12.6. The van der Waals surface area contributed by atoms with Gasteiger partial charge in [0.25, 0.3) is 0 Å². The molecule has 2 heterocycles. The van der Waals surface area contributed by atoms with Crippen molar-refractivity contribution >= 4 is 11.8 Å². The summed E-state index contributed by atoms with van der Waals surface area (Å²) in [4.78, 5) is 31.3. The number of benzene rings is 1. The van der Waals surface area contributed by atoms with Crippen LogP contribution in [0.5, 0.6) is 0 Å². The van der Waals surface area contributed by atoms with E-state index in [0.717, 1.165) is 63.2 Å². The van der Waals surface area contributed by atoms with Crippen LogP contribution >= 0.6 is 0 Å². The summed E-state index contributed by atoms with van der Waals surface area (Å²) in [5.41, 5.74) is 2.21. The highest BCUT2D eigenvalue weighted by Gasteiger charge is 2.23. The highest BCUT2D eigenvalue weighted by Crippen LogP contribution is 2.11. The molecule has 1 aromatic carbocycles. The minimum atomic E-state index is 0.0464. The fourth-order valence-corrected chi connectivity index (χ4v) is 4.10. The number of carbonyl (C=O) groups excluding carboxylic acids is 2. The minimum absolute atomic E-state index is 0.0464. The van der Waals surface area contributed by atoms with E-state index in [1.54, 1.807) is 7.11 Å². The Morgan fingerprint density at radius 2 is 1.40 bits per heavy atom. The number of rotatable bonds is 8. The smallest absolute Gasteiger partial charge is 0.236 e. The monoisotopic (exact) mass is 416 g/mol. The van der Waals surface area contributed by atoms with E-state index >= 15 is 0 Å². The van der Waals surface area contributed by atoms with E-state index in [-0.39, 0.29) is 11.8 Å². The third-order valence-electron chi connectivity index (χ3n) is 5.97. The number of piperazine rings is 1. The molecule has 0 unspecified atom stereocenters. The maximum Gasteiger partial charge on any atom is 0.236 e. The maximum atomic E-state index is 12.6. The number of nitrogens with zero attached hydrogens (tertiary/aromatic N) is 3. The van der Waals surface area contributed by atoms with Crippen LogP contribution in [0.1, 0.15) is 36.8 Å². The second-order valence-electron chi connectivity index (χ2n) is 8.37. The number of hydrogen-bond acceptors (Lipinski definition) is 5. The molecule has 0 spiro atoms. The lowest BCUT2D eigenvalue weighted by atomic mass is 10.1. The van der Waals surface area contributed by atoms with E-state index in [0.29, 0.717) is 26.2 Å². The molecule has 166 valence electrons. The zero-order valence-corrected chi connectivity index (χ0v) is 18.3. The summed E-state index contributed by atoms with van der Waals surface area (Å²) < 4.78 is 5.12. The van der Waals surface area contributed by atoms with Crippen molar-refractivity contribution in [1.82, 2.24) is 20.0 Å². The van der Waals surface area contributed by atoms with Crippen molar-refractivity contribution in [3.05, 3.63) is 35.4 Å². The van der Waals surface area contributed by atoms with Crippen LogP contribution in [0, 0.1) is 0 Å². The number of carbonyl (C=O) groups is 2. The first-order valence-corrected chi connectivity index (χ1v) is 11.2. The first kappa shape index (κ1) is 22.7. The summed E-state index contributed by atoms with van der Waals surface area (Å²) in [5, 5.41) is 3.00. The molecule has 1 aromatic rings. The second kappa shape index (κ2) is 12.0. The van der Waals surface area contributed by atoms with Gasteiger partial charge < -0.3 is 15.0 Å². The molecule has 2 amide bonds. The molecule has 0 atom stereocenters. The molecule has 2 saturated heterocycles. The fourth-order valence-electron chi connectivity index (χ4n) is 4.10. The summed E-state index contributed by atoms with van der Waals surface area (Å²) in [5.74, 6) is 0.310. The first-order chi connectivity index (χ1) is 14.6. The molecule has 2 fully saturated rings. The lowest BCUT2D eigenvalue weighted by Gasteiger charge is -2.35. The predicted octanol–water partition coefficient (Wildman–Crippen LogP) is 1.47. The van der Waals surface area contributed by atoms with Crippen molar-refractivity contribution in [2.75, 3.05) is 59.5 Å². The Hall–Kier alpha value is -1.96. The molecule has 7 nitrogen and oxygen atoms in total. The summed E-state index contributed by atoms with van der Waals surface area (Å²) >= 11 is 0. The van der Waals surface area contributed by atoms with Crippen LogP contribution in [0.3, 0.4) is 0 Å². The molecule has 7 heteroatoms. The third-order valence-corrected chi connectivity index (χ3v) is 5.97. The molecule has 0 radical (unpaired) electrons. The third kappa shape index (κ3) is 7.38. The molecule has 2 aliphatic rings. The van der Waals surface area contributed by atoms with Gasteiger partial charge in [-0.05, 0) is 24.0 Å². The largest absolute Gasteiger partial charge is 0.380 e. The predicted molar refractivity (Wildman–Crippen MR) is 117 cm³/mol. The van der Waals surface area contributed by atoms with Crippen LogP contribution in [0.4, 0.5) is 0 Å². The molecule has 2 aliphatic heterocycles. The van der Waals surface area contributed by atoms with Gasteiger partial charge in [-0.1, -0.05) is 37.1 Å². The lowest BCUT2D eigenvalue weighted by Crippen LogP contribution is -2.52. The van der Waals surface area contributed by atoms with Gasteiger partial charge in [-0.3, -0.25) is 19.4 Å². The number of amides is 2. The topological polar surface area (TPSA) is 65.1 Å². The van der Waals surface area contributed by atoms with Gasteiger partial charge in [0.15, 0.2) is 0 Å². The summed E-state index contributed by atoms with van der Waals surface area (Å²) in [6.45, 7) is 7.22. The van der Waals surface area contributed by atoms with Gasteiger partial charge >= 0.3 is 0 Å². The van der Waals surface area contributed by atoms with E-state index in [4.69, 9.17) is 4.74 Å². The van der Waals surface area contributed by atoms with Gasteiger partial charge in [-0.15, -0.1) is 0 Å². The van der Waals surface area contributed by atoms with Gasteiger partial charge in [0.1, 0.15) is 0 Å². The average Bonchev–Trinajstić information content (AvgIpc) is 3.05. The van der Waals surface area contributed by atoms with Gasteiger partial charge in [0.2, 0.25) is 11.8 Å². The fraction of sp³-hybridized carbons (Fsp3) is 0.652. The van der Waals surface area contributed by atoms with Gasteiger partial charge in [0, 0.05) is 52.9 Å². The number of ether oxygens (including phenoxy) is 1. The summed E-state index contributed by atoms with van der Waals surface area (Å²) in [7, 11) is 1.68. The standard InChI is InChI=1S/C23H36N4O3/c1-30-19-21-8-6-20(7-9-21)16-24-22(28)17-25-12-14-26(15-13-25)18-23(29)27-10-4-2-3-5-11-27/h6-9H,2-5,10-19H2,1H3,(H,24,28). The van der Waals surface area contributed by atoms with Crippen LogP contribution in [0.15, 0.2) is 24.3 Å². The normalized spacial score (nSPS) is 18.8. The number of nitrogens with one attached hydrogen (secondary N) is 1. The van der Waals surface area contributed by atoms with E-state index < -0.39 is 0 Å². The number of likely N-dealkylation sites (tertiary alicyclic amines) is 1. The second-order valence-corrected chi connectivity index (χ2v) is 8.37. The average molecular weight is 417 g/mol. The van der Waals surface area contributed by atoms with Crippen molar-refractivity contribution in [1.29, 1.82) is 0 Å². The van der Waals surface area contributed by atoms with Crippen molar-refractivity contribution < 1.29 is 14.3 Å². The zero-order valence-electron chi connectivity index (χ0n) is 18.3. The molecule has 0 aliphatic carbocycles. The molecule has 0 saturated carbocycles. The molecular formula is C23H36N4O3. The Balaban J connectivity index is 1.32. The Labute approximate surface area is 180 Å². The van der Waals surface area contributed by atoms with Crippen LogP contribution in [0.25, 0.3) is 0 Å². The van der Waals surface area contributed by atoms with E-state index in [1.165, 1.54) is 12.8 Å². The van der Waals surface area contributed by atoms with Crippen molar-refractivity contribution in [2.45, 2.75) is 38.8 Å². The number of hydrogen-bond donors (Lipinski definition) is 1. The lowest BCUT2D eigenvalue weighted by molar-refractivity contribution is -0.133. The van der Waals surface area contributed by atoms with Crippen LogP contribution < -0.4 is 5.32 Å². The summed E-state index contributed by atoms with van der Waals surface area (Å²) in [6, 6.07) is 8.09. The van der Waals surface area contributed by atoms with Gasteiger partial charge in [0.05, 0.1) is 19.7 Å². The summed E-state index contributed by atoms with van der Waals surface area (Å²) in [6.07, 6.45) is 4.74. The number of methoxy groups -OCH3 is 1. The van der Waals surface area contributed by atoms with E-state index in [2.05, 4.69) is 15.1 Å². The van der Waals surface area contributed by atoms with E-state index in [1.807, 2.05) is 29.2 Å². The molecule has 0 aromatic heterocycles. The van der Waals surface area contributed by atoms with Crippen molar-refractivity contribution in [3.63, 3.8) is 0 Å². The van der Waals surface area contributed by atoms with E-state index in [9.17, 15) is 9.59 Å². The first-order valence-electron chi connectivity index (χ1n) is 11.2. The zero-order chi connectivity index (χ0) is 21.2. The SMILES string of the molecule is COCc1ccc(CNC(=O)CN2CCN(CC(=O)N3CCCCCC3)CC2)cc1. The van der Waals surface area contributed by atoms with Crippen LogP contribution in [-0.2, 0) is 27.5 Å². The molecule has 30 heavy (non-hydrogen) atoms. The Morgan fingerprint density at radius 1 is 0.833 bits per heavy atom. The highest BCUT2D eigenvalue weighted by molar-refractivity contribution is 5.78. The molecule has 1 N–H and O–H groups in total. The van der Waals surface area contributed by atoms with Crippen molar-refractivity contribution in [3.8, 4) is 0 Å². The quantitative estimate of drug-likeness (QED) is 0.695.